The first-order valence-corrected chi connectivity index (χ1v) is 7.06. The van der Waals surface area contributed by atoms with Crippen molar-refractivity contribution < 1.29 is 14.3 Å². The van der Waals surface area contributed by atoms with E-state index in [2.05, 4.69) is 24.8 Å². The number of hydrogen-bond acceptors (Lipinski definition) is 4. The Balaban J connectivity index is 2.24. The highest BCUT2D eigenvalue weighted by atomic mass is 16.5. The van der Waals surface area contributed by atoms with Gasteiger partial charge >= 0.3 is 5.97 Å². The Morgan fingerprint density at radius 2 is 1.80 bits per heavy atom. The molecule has 0 aliphatic carbocycles. The van der Waals surface area contributed by atoms with Gasteiger partial charge in [-0.2, -0.15) is 0 Å². The molecule has 0 N–H and O–H groups in total. The van der Waals surface area contributed by atoms with Crippen LogP contribution in [0.25, 0.3) is 0 Å². The molecule has 0 aliphatic rings. The third-order valence-electron chi connectivity index (χ3n) is 2.94. The third-order valence-corrected chi connectivity index (χ3v) is 2.94. The highest BCUT2D eigenvalue weighted by Gasteiger charge is 2.05. The highest BCUT2D eigenvalue weighted by molar-refractivity contribution is 5.69. The van der Waals surface area contributed by atoms with Gasteiger partial charge in [0.25, 0.3) is 0 Å². The van der Waals surface area contributed by atoms with Crippen molar-refractivity contribution in [3.63, 3.8) is 0 Å². The number of benzene rings is 1. The van der Waals surface area contributed by atoms with Gasteiger partial charge in [0.05, 0.1) is 13.0 Å². The number of likely N-dealkylation sites (N-methyl/N-ethyl adjacent to an activating group) is 1. The van der Waals surface area contributed by atoms with Crippen LogP contribution in [0.1, 0.15) is 24.5 Å². The highest BCUT2D eigenvalue weighted by Crippen LogP contribution is 2.15. The van der Waals surface area contributed by atoms with Crippen LogP contribution in [0.4, 0.5) is 0 Å². The van der Waals surface area contributed by atoms with E-state index in [1.807, 2.05) is 26.1 Å². The Morgan fingerprint density at radius 1 is 1.15 bits per heavy atom. The lowest BCUT2D eigenvalue weighted by Gasteiger charge is -2.16. The van der Waals surface area contributed by atoms with E-state index in [1.54, 1.807) is 0 Å². The molecular formula is C16H25NO3. The fraction of sp³-hybridized carbons (Fsp3) is 0.562. The summed E-state index contributed by atoms with van der Waals surface area (Å²) in [6, 6.07) is 6.19. The summed E-state index contributed by atoms with van der Waals surface area (Å²) in [5.74, 6) is 0.760. The van der Waals surface area contributed by atoms with Crippen molar-refractivity contribution in [2.45, 2.75) is 27.2 Å². The van der Waals surface area contributed by atoms with Crippen molar-refractivity contribution in [1.82, 2.24) is 4.90 Å². The molecule has 0 atom stereocenters. The second-order valence-electron chi connectivity index (χ2n) is 5.03. The molecule has 1 aromatic carbocycles. The summed E-state index contributed by atoms with van der Waals surface area (Å²) >= 11 is 0. The van der Waals surface area contributed by atoms with Crippen LogP contribution in [0.15, 0.2) is 18.2 Å². The maximum atomic E-state index is 11.2. The molecule has 20 heavy (non-hydrogen) atoms. The molecule has 0 unspecified atom stereocenters. The van der Waals surface area contributed by atoms with Gasteiger partial charge in [-0.05, 0) is 51.1 Å². The normalized spacial score (nSPS) is 10.7. The summed E-state index contributed by atoms with van der Waals surface area (Å²) < 4.78 is 10.6. The van der Waals surface area contributed by atoms with Crippen molar-refractivity contribution >= 4 is 5.97 Å². The molecule has 0 spiro atoms. The van der Waals surface area contributed by atoms with Gasteiger partial charge in [0.2, 0.25) is 0 Å². The predicted octanol–water partition coefficient (Wildman–Crippen LogP) is 2.57. The fourth-order valence-corrected chi connectivity index (χ4v) is 1.96. The number of esters is 1. The number of carbonyl (C=O) groups is 1. The molecule has 112 valence electrons. The minimum Gasteiger partial charge on any atom is -0.492 e. The maximum Gasteiger partial charge on any atom is 0.307 e. The largest absolute Gasteiger partial charge is 0.492 e. The molecule has 4 nitrogen and oxygen atoms in total. The van der Waals surface area contributed by atoms with Crippen LogP contribution in [0.5, 0.6) is 5.75 Å². The topological polar surface area (TPSA) is 38.8 Å². The van der Waals surface area contributed by atoms with E-state index >= 15 is 0 Å². The van der Waals surface area contributed by atoms with E-state index in [-0.39, 0.29) is 5.97 Å². The van der Waals surface area contributed by atoms with E-state index in [9.17, 15) is 4.79 Å². The van der Waals surface area contributed by atoms with Crippen molar-refractivity contribution in [1.29, 1.82) is 0 Å². The summed E-state index contributed by atoms with van der Waals surface area (Å²) in [6.45, 7) is 8.47. The minimum atomic E-state index is -0.144. The summed E-state index contributed by atoms with van der Waals surface area (Å²) in [5, 5.41) is 0. The summed E-state index contributed by atoms with van der Waals surface area (Å²) in [7, 11) is 1.98. The second-order valence-corrected chi connectivity index (χ2v) is 5.03. The summed E-state index contributed by atoms with van der Waals surface area (Å²) in [6.07, 6.45) is 0.424. The average molecular weight is 279 g/mol. The Morgan fingerprint density at radius 3 is 2.40 bits per heavy atom. The van der Waals surface area contributed by atoms with E-state index in [1.165, 1.54) is 11.1 Å². The quantitative estimate of drug-likeness (QED) is 0.686. The molecule has 1 rings (SSSR count). The third kappa shape index (κ3) is 6.57. The SMILES string of the molecule is CCOC(=O)CCN(C)CCOc1cc(C)cc(C)c1. The minimum absolute atomic E-state index is 0.144. The lowest BCUT2D eigenvalue weighted by molar-refractivity contribution is -0.143. The zero-order chi connectivity index (χ0) is 15.0. The standard InChI is InChI=1S/C16H25NO3/c1-5-19-16(18)6-7-17(4)8-9-20-15-11-13(2)10-14(3)12-15/h10-12H,5-9H2,1-4H3. The van der Waals surface area contributed by atoms with Gasteiger partial charge in [-0.3, -0.25) is 4.79 Å². The fourth-order valence-electron chi connectivity index (χ4n) is 1.96. The Hall–Kier alpha value is -1.55. The lowest BCUT2D eigenvalue weighted by Crippen LogP contribution is -2.27. The molecule has 0 saturated carbocycles. The van der Waals surface area contributed by atoms with Gasteiger partial charge in [-0.1, -0.05) is 6.07 Å². The number of carbonyl (C=O) groups excluding carboxylic acids is 1. The number of ether oxygens (including phenoxy) is 2. The first-order valence-electron chi connectivity index (χ1n) is 7.06. The van der Waals surface area contributed by atoms with Gasteiger partial charge in [0.1, 0.15) is 12.4 Å². The van der Waals surface area contributed by atoms with Crippen molar-refractivity contribution in [2.24, 2.45) is 0 Å². The van der Waals surface area contributed by atoms with Crippen LogP contribution in [-0.4, -0.2) is 44.2 Å². The van der Waals surface area contributed by atoms with Gasteiger partial charge in [-0.25, -0.2) is 0 Å². The molecule has 0 bridgehead atoms. The predicted molar refractivity (Wildman–Crippen MR) is 80.2 cm³/mol. The molecular weight excluding hydrogens is 254 g/mol. The van der Waals surface area contributed by atoms with Gasteiger partial charge in [0, 0.05) is 13.1 Å². The molecule has 1 aromatic rings. The number of hydrogen-bond donors (Lipinski definition) is 0. The molecule has 0 radical (unpaired) electrons. The smallest absolute Gasteiger partial charge is 0.307 e. The first kappa shape index (κ1) is 16.5. The first-order chi connectivity index (χ1) is 9.51. The zero-order valence-corrected chi connectivity index (χ0v) is 12.9. The van der Waals surface area contributed by atoms with E-state index in [0.29, 0.717) is 26.2 Å². The van der Waals surface area contributed by atoms with Gasteiger partial charge < -0.3 is 14.4 Å². The van der Waals surface area contributed by atoms with Crippen molar-refractivity contribution in [2.75, 3.05) is 33.4 Å². The molecule has 0 heterocycles. The Kier molecular flexibility index (Phi) is 7.09. The summed E-state index contributed by atoms with van der Waals surface area (Å²) in [4.78, 5) is 13.3. The number of nitrogens with zero attached hydrogens (tertiary/aromatic N) is 1. The van der Waals surface area contributed by atoms with Crippen LogP contribution in [0, 0.1) is 13.8 Å². The van der Waals surface area contributed by atoms with Crippen LogP contribution in [0.3, 0.4) is 0 Å². The monoisotopic (exact) mass is 279 g/mol. The van der Waals surface area contributed by atoms with Gasteiger partial charge in [0.15, 0.2) is 0 Å². The molecule has 0 amide bonds. The van der Waals surface area contributed by atoms with E-state index in [0.717, 1.165) is 12.3 Å². The molecule has 4 heteroatoms. The maximum absolute atomic E-state index is 11.2. The van der Waals surface area contributed by atoms with E-state index < -0.39 is 0 Å². The number of rotatable bonds is 8. The van der Waals surface area contributed by atoms with E-state index in [4.69, 9.17) is 9.47 Å². The van der Waals surface area contributed by atoms with Crippen molar-refractivity contribution in [3.8, 4) is 5.75 Å². The lowest BCUT2D eigenvalue weighted by atomic mass is 10.1. The molecule has 0 fully saturated rings. The Labute approximate surface area is 121 Å². The zero-order valence-electron chi connectivity index (χ0n) is 12.9. The van der Waals surface area contributed by atoms with Crippen molar-refractivity contribution in [3.05, 3.63) is 29.3 Å². The molecule has 0 aromatic heterocycles. The molecule has 0 saturated heterocycles. The second kappa shape index (κ2) is 8.59. The van der Waals surface area contributed by atoms with Crippen LogP contribution in [0.2, 0.25) is 0 Å². The Bertz CT molecular complexity index is 411. The molecule has 0 aliphatic heterocycles. The van der Waals surface area contributed by atoms with Crippen LogP contribution < -0.4 is 4.74 Å². The van der Waals surface area contributed by atoms with Crippen LogP contribution >= 0.6 is 0 Å². The van der Waals surface area contributed by atoms with Gasteiger partial charge in [-0.15, -0.1) is 0 Å². The van der Waals surface area contributed by atoms with Crippen LogP contribution in [-0.2, 0) is 9.53 Å². The summed E-state index contributed by atoms with van der Waals surface area (Å²) in [5.41, 5.74) is 2.41. The average Bonchev–Trinajstić information content (AvgIpc) is 2.35. The number of aryl methyl sites for hydroxylation is 2.